The monoisotopic (exact) mass is 533 g/mol. The molecule has 0 saturated carbocycles. The summed E-state index contributed by atoms with van der Waals surface area (Å²) < 4.78 is 0. The Labute approximate surface area is 225 Å². The van der Waals surface area contributed by atoms with Crippen LogP contribution in [0.25, 0.3) is 6.08 Å². The molecule has 0 unspecified atom stereocenters. The van der Waals surface area contributed by atoms with Gasteiger partial charge in [0.05, 0.1) is 11.4 Å². The smallest absolute Gasteiger partial charge is 0.273 e. The van der Waals surface area contributed by atoms with Crippen LogP contribution in [-0.4, -0.2) is 40.8 Å². The Morgan fingerprint density at radius 3 is 2.68 bits per heavy atom. The summed E-state index contributed by atoms with van der Waals surface area (Å²) in [5.74, 6) is -0.334. The van der Waals surface area contributed by atoms with E-state index in [0.29, 0.717) is 59.1 Å². The van der Waals surface area contributed by atoms with Crippen molar-refractivity contribution >= 4 is 51.6 Å². The zero-order valence-electron chi connectivity index (χ0n) is 21.1. The van der Waals surface area contributed by atoms with Crippen LogP contribution in [0.2, 0.25) is 0 Å². The minimum Gasteiger partial charge on any atom is -0.399 e. The topological polar surface area (TPSA) is 162 Å². The lowest BCUT2D eigenvalue weighted by Crippen LogP contribution is -2.34. The molecule has 2 heterocycles. The number of thiazole rings is 1. The van der Waals surface area contributed by atoms with E-state index >= 15 is 0 Å². The molecule has 0 aliphatic carbocycles. The molecule has 4 rings (SSSR count). The van der Waals surface area contributed by atoms with Crippen molar-refractivity contribution in [1.82, 2.24) is 10.0 Å². The predicted octanol–water partition coefficient (Wildman–Crippen LogP) is 3.63. The highest BCUT2D eigenvalue weighted by molar-refractivity contribution is 7.14. The van der Waals surface area contributed by atoms with Gasteiger partial charge in [0.1, 0.15) is 12.4 Å². The third-order valence-corrected chi connectivity index (χ3v) is 6.53. The van der Waals surface area contributed by atoms with E-state index in [1.165, 1.54) is 16.4 Å². The Morgan fingerprint density at radius 1 is 1.16 bits per heavy atom. The molecule has 11 heteroatoms. The van der Waals surface area contributed by atoms with Crippen LogP contribution in [0.4, 0.5) is 16.5 Å². The molecule has 1 aliphatic heterocycles. The summed E-state index contributed by atoms with van der Waals surface area (Å²) in [4.78, 5) is 41.0. The summed E-state index contributed by atoms with van der Waals surface area (Å²) >= 11 is 1.34. The number of carbonyl (C=O) groups is 2. The van der Waals surface area contributed by atoms with E-state index in [-0.39, 0.29) is 30.7 Å². The molecule has 198 valence electrons. The van der Waals surface area contributed by atoms with Crippen LogP contribution in [0.3, 0.4) is 0 Å². The van der Waals surface area contributed by atoms with Crippen LogP contribution in [0.5, 0.6) is 0 Å². The number of fused-ring (bicyclic) bond motifs is 1. The summed E-state index contributed by atoms with van der Waals surface area (Å²) in [5, 5.41) is 6.53. The van der Waals surface area contributed by atoms with Crippen molar-refractivity contribution < 1.29 is 14.4 Å². The van der Waals surface area contributed by atoms with Gasteiger partial charge in [-0.1, -0.05) is 25.1 Å². The van der Waals surface area contributed by atoms with Crippen molar-refractivity contribution in [2.24, 2.45) is 16.5 Å². The highest BCUT2D eigenvalue weighted by Gasteiger charge is 2.23. The number of nitrogens with two attached hydrogens (primary N) is 3. The van der Waals surface area contributed by atoms with Crippen molar-refractivity contribution in [2.75, 3.05) is 24.1 Å². The first-order valence-electron chi connectivity index (χ1n) is 12.3. The summed E-state index contributed by atoms with van der Waals surface area (Å²) in [6.45, 7) is 3.10. The summed E-state index contributed by atoms with van der Waals surface area (Å²) in [6, 6.07) is 12.4. The van der Waals surface area contributed by atoms with Gasteiger partial charge >= 0.3 is 0 Å². The fourth-order valence-electron chi connectivity index (χ4n) is 3.82. The van der Waals surface area contributed by atoms with Crippen LogP contribution in [0.1, 0.15) is 46.9 Å². The first-order chi connectivity index (χ1) is 18.4. The molecule has 7 N–H and O–H groups in total. The van der Waals surface area contributed by atoms with Crippen molar-refractivity contribution in [3.8, 4) is 0 Å². The zero-order valence-corrected chi connectivity index (χ0v) is 22.0. The van der Waals surface area contributed by atoms with Gasteiger partial charge in [0.15, 0.2) is 5.13 Å². The molecule has 0 bridgehead atoms. The molecule has 0 saturated heterocycles. The van der Waals surface area contributed by atoms with Crippen molar-refractivity contribution in [3.05, 3.63) is 75.8 Å². The average Bonchev–Trinajstić information content (AvgIpc) is 3.26. The summed E-state index contributed by atoms with van der Waals surface area (Å²) in [7, 11) is 0. The van der Waals surface area contributed by atoms with Crippen LogP contribution >= 0.6 is 11.3 Å². The number of hydrogen-bond donors (Lipinski definition) is 4. The van der Waals surface area contributed by atoms with Crippen LogP contribution in [0, 0.1) is 0 Å². The number of aromatic nitrogens is 1. The Balaban J connectivity index is 1.51. The summed E-state index contributed by atoms with van der Waals surface area (Å²) in [6.07, 6.45) is 3.27. The maximum Gasteiger partial charge on any atom is 0.273 e. The number of anilines is 2. The lowest BCUT2D eigenvalue weighted by atomic mass is 10.0. The number of nitrogens with one attached hydrogen (secondary N) is 1. The second-order valence-corrected chi connectivity index (χ2v) is 9.64. The average molecular weight is 534 g/mol. The molecule has 1 aromatic heterocycles. The number of aliphatic imine (C=N–C) groups is 1. The molecule has 3 aromatic rings. The number of carbonyl (C=O) groups excluding carboxylic acids is 2. The minimum atomic E-state index is -0.315. The van der Waals surface area contributed by atoms with Gasteiger partial charge in [-0.15, -0.1) is 11.3 Å². The number of nitrogens with zero attached hydrogens (tertiary/aromatic N) is 3. The van der Waals surface area contributed by atoms with Gasteiger partial charge in [-0.3, -0.25) is 19.7 Å². The van der Waals surface area contributed by atoms with Crippen molar-refractivity contribution in [2.45, 2.75) is 32.8 Å². The van der Waals surface area contributed by atoms with E-state index < -0.39 is 0 Å². The second-order valence-electron chi connectivity index (χ2n) is 8.78. The van der Waals surface area contributed by atoms with E-state index in [1.807, 2.05) is 24.4 Å². The molecule has 0 atom stereocenters. The maximum absolute atomic E-state index is 13.4. The van der Waals surface area contributed by atoms with Crippen LogP contribution in [0.15, 0.2) is 58.4 Å². The summed E-state index contributed by atoms with van der Waals surface area (Å²) in [5.41, 5.74) is 21.9. The molecular weight excluding hydrogens is 502 g/mol. The lowest BCUT2D eigenvalue weighted by molar-refractivity contribution is -0.187. The van der Waals surface area contributed by atoms with E-state index in [0.717, 1.165) is 11.3 Å². The molecule has 1 aliphatic rings. The van der Waals surface area contributed by atoms with Gasteiger partial charge in [0.2, 0.25) is 0 Å². The number of benzene rings is 2. The second kappa shape index (κ2) is 12.5. The van der Waals surface area contributed by atoms with Crippen LogP contribution in [-0.2, 0) is 22.7 Å². The fourth-order valence-corrected chi connectivity index (χ4v) is 4.56. The number of amides is 2. The van der Waals surface area contributed by atoms with Crippen LogP contribution < -0.4 is 22.5 Å². The van der Waals surface area contributed by atoms with Gasteiger partial charge < -0.3 is 17.2 Å². The Morgan fingerprint density at radius 2 is 1.95 bits per heavy atom. The number of nitrogen functional groups attached to an aromatic ring is 1. The molecule has 2 aromatic carbocycles. The number of hydroxylamine groups is 2. The normalized spacial score (nSPS) is 12.7. The largest absolute Gasteiger partial charge is 0.399 e. The molecule has 0 fully saturated rings. The van der Waals surface area contributed by atoms with E-state index in [1.54, 1.807) is 36.4 Å². The number of hydrogen-bond acceptors (Lipinski definition) is 9. The molecule has 10 nitrogen and oxygen atoms in total. The quantitative estimate of drug-likeness (QED) is 0.228. The standard InChI is InChI=1S/C27H31N7O3S/c1-2-11-34(37-15-17-3-7-21(29)8-4-17)26(36)20-12-18-5-6-19(13-23(18)32-24(30)14-20)25(35)33-27-31-22(9-10-28)16-38-27/h3-8,12-13,16H,2,9-11,14-15,28-29H2,1H3,(H2,30,32)(H,31,33,35). The van der Waals surface area contributed by atoms with E-state index in [2.05, 4.69) is 15.3 Å². The Bertz CT molecular complexity index is 1370. The Hall–Kier alpha value is -4.06. The molecule has 0 radical (unpaired) electrons. The van der Waals surface area contributed by atoms with Gasteiger partial charge in [0.25, 0.3) is 11.8 Å². The molecular formula is C27H31N7O3S. The number of rotatable bonds is 10. The minimum absolute atomic E-state index is 0.156. The predicted molar refractivity (Wildman–Crippen MR) is 151 cm³/mol. The highest BCUT2D eigenvalue weighted by atomic mass is 32.1. The van der Waals surface area contributed by atoms with Gasteiger partial charge in [0, 0.05) is 47.2 Å². The zero-order chi connectivity index (χ0) is 27.1. The number of amidine groups is 1. The highest BCUT2D eigenvalue weighted by Crippen LogP contribution is 2.29. The SMILES string of the molecule is CCCN(OCc1ccc(N)cc1)C(=O)C1=Cc2ccc(C(=O)Nc3nc(CCN)cs3)cc2N=C(N)C1. The first kappa shape index (κ1) is 27.0. The fraction of sp³-hybridized carbons (Fsp3) is 0.259. The maximum atomic E-state index is 13.4. The lowest BCUT2D eigenvalue weighted by Gasteiger charge is -2.22. The van der Waals surface area contributed by atoms with Crippen molar-refractivity contribution in [1.29, 1.82) is 0 Å². The Kier molecular flexibility index (Phi) is 8.85. The third kappa shape index (κ3) is 6.82. The third-order valence-electron chi connectivity index (χ3n) is 5.73. The first-order valence-corrected chi connectivity index (χ1v) is 13.2. The molecule has 38 heavy (non-hydrogen) atoms. The van der Waals surface area contributed by atoms with Gasteiger partial charge in [-0.2, -0.15) is 0 Å². The van der Waals surface area contributed by atoms with E-state index in [9.17, 15) is 9.59 Å². The van der Waals surface area contributed by atoms with Crippen molar-refractivity contribution in [3.63, 3.8) is 0 Å². The van der Waals surface area contributed by atoms with E-state index in [4.69, 9.17) is 22.0 Å². The van der Waals surface area contributed by atoms with Gasteiger partial charge in [-0.25, -0.2) is 15.0 Å². The molecule has 2 amide bonds. The van der Waals surface area contributed by atoms with Gasteiger partial charge in [-0.05, 0) is 48.9 Å². The molecule has 0 spiro atoms.